The van der Waals surface area contributed by atoms with Gasteiger partial charge in [0.25, 0.3) is 0 Å². The molecule has 204 valence electrons. The number of unbranched alkanes of at least 4 members (excludes halogenated alkanes) is 10. The third-order valence-electron chi connectivity index (χ3n) is 7.16. The highest BCUT2D eigenvalue weighted by molar-refractivity contribution is 5.69. The van der Waals surface area contributed by atoms with Crippen LogP contribution in [0.5, 0.6) is 0 Å². The molecule has 0 spiro atoms. The van der Waals surface area contributed by atoms with E-state index in [0.29, 0.717) is 19.1 Å². The summed E-state index contributed by atoms with van der Waals surface area (Å²) in [4.78, 5) is 14.4. The Morgan fingerprint density at radius 3 is 2.17 bits per heavy atom. The van der Waals surface area contributed by atoms with E-state index in [0.717, 1.165) is 51.6 Å². The van der Waals surface area contributed by atoms with Crippen molar-refractivity contribution in [3.05, 3.63) is 24.3 Å². The van der Waals surface area contributed by atoms with Gasteiger partial charge in [0.15, 0.2) is 0 Å². The number of aliphatic hydroxyl groups is 1. The van der Waals surface area contributed by atoms with Crippen molar-refractivity contribution in [1.29, 1.82) is 0 Å². The molecule has 0 unspecified atom stereocenters. The van der Waals surface area contributed by atoms with Crippen LogP contribution in [0.3, 0.4) is 0 Å². The van der Waals surface area contributed by atoms with Crippen molar-refractivity contribution in [1.82, 2.24) is 4.90 Å². The van der Waals surface area contributed by atoms with Crippen LogP contribution in [-0.2, 0) is 9.53 Å². The van der Waals surface area contributed by atoms with Gasteiger partial charge in [-0.2, -0.15) is 0 Å². The maximum absolute atomic E-state index is 11.9. The molecule has 0 aromatic carbocycles. The number of ether oxygens (including phenoxy) is 1. The van der Waals surface area contributed by atoms with Crippen LogP contribution in [0.4, 0.5) is 0 Å². The lowest BCUT2D eigenvalue weighted by molar-refractivity contribution is -0.143. The SMILES string of the molecule is CCCCC/C=C\C/C=C\CCCCCCCC(=O)OCCCCCN(CCO)C1CCCCC1. The van der Waals surface area contributed by atoms with Crippen LogP contribution in [0, 0.1) is 0 Å². The van der Waals surface area contributed by atoms with Crippen LogP contribution in [0.2, 0.25) is 0 Å². The van der Waals surface area contributed by atoms with E-state index in [1.807, 2.05) is 0 Å². The molecule has 0 amide bonds. The Hall–Kier alpha value is -1.13. The number of rotatable bonds is 23. The first-order valence-corrected chi connectivity index (χ1v) is 15.1. The summed E-state index contributed by atoms with van der Waals surface area (Å²) in [5.74, 6) is -0.0280. The minimum Gasteiger partial charge on any atom is -0.466 e. The van der Waals surface area contributed by atoms with Crippen LogP contribution in [0.1, 0.15) is 135 Å². The van der Waals surface area contributed by atoms with Crippen LogP contribution < -0.4 is 0 Å². The van der Waals surface area contributed by atoms with Crippen molar-refractivity contribution in [3.8, 4) is 0 Å². The first-order chi connectivity index (χ1) is 17.3. The zero-order valence-electron chi connectivity index (χ0n) is 23.1. The van der Waals surface area contributed by atoms with Crippen LogP contribution in [0.25, 0.3) is 0 Å². The summed E-state index contributed by atoms with van der Waals surface area (Å²) in [7, 11) is 0. The van der Waals surface area contributed by atoms with Crippen molar-refractivity contribution in [2.75, 3.05) is 26.3 Å². The van der Waals surface area contributed by atoms with E-state index in [9.17, 15) is 9.90 Å². The summed E-state index contributed by atoms with van der Waals surface area (Å²) < 4.78 is 5.42. The molecule has 1 aliphatic carbocycles. The molecule has 4 heteroatoms. The Kier molecular flexibility index (Phi) is 22.4. The molecular formula is C31H57NO3. The largest absolute Gasteiger partial charge is 0.466 e. The summed E-state index contributed by atoms with van der Waals surface area (Å²) >= 11 is 0. The maximum atomic E-state index is 11.9. The van der Waals surface area contributed by atoms with E-state index >= 15 is 0 Å². The monoisotopic (exact) mass is 491 g/mol. The van der Waals surface area contributed by atoms with Gasteiger partial charge >= 0.3 is 5.97 Å². The summed E-state index contributed by atoms with van der Waals surface area (Å²) in [6, 6.07) is 0.664. The molecule has 0 heterocycles. The Bertz CT molecular complexity index is 525. The number of aliphatic hydroxyl groups excluding tert-OH is 1. The third kappa shape index (κ3) is 19.7. The zero-order valence-corrected chi connectivity index (χ0v) is 23.1. The normalized spacial score (nSPS) is 15.1. The highest BCUT2D eigenvalue weighted by Gasteiger charge is 2.20. The predicted molar refractivity (Wildman–Crippen MR) is 150 cm³/mol. The minimum absolute atomic E-state index is 0.0280. The van der Waals surface area contributed by atoms with Gasteiger partial charge < -0.3 is 9.84 Å². The molecule has 1 fully saturated rings. The maximum Gasteiger partial charge on any atom is 0.305 e. The number of nitrogens with zero attached hydrogens (tertiary/aromatic N) is 1. The number of carbonyl (C=O) groups is 1. The predicted octanol–water partition coefficient (Wildman–Crippen LogP) is 8.14. The Balaban J connectivity index is 1.87. The van der Waals surface area contributed by atoms with Crippen molar-refractivity contribution < 1.29 is 14.6 Å². The number of carbonyl (C=O) groups excluding carboxylic acids is 1. The number of hydrogen-bond acceptors (Lipinski definition) is 4. The second-order valence-corrected chi connectivity index (χ2v) is 10.3. The molecule has 1 rings (SSSR count). The van der Waals surface area contributed by atoms with Gasteiger partial charge in [-0.1, -0.05) is 82.6 Å². The van der Waals surface area contributed by atoms with Gasteiger partial charge in [-0.15, -0.1) is 0 Å². The first kappa shape index (κ1) is 31.9. The van der Waals surface area contributed by atoms with E-state index in [4.69, 9.17) is 4.74 Å². The fraction of sp³-hybridized carbons (Fsp3) is 0.839. The molecule has 0 aromatic rings. The van der Waals surface area contributed by atoms with Gasteiger partial charge in [-0.3, -0.25) is 9.69 Å². The standard InChI is InChI=1S/C31H57NO3/c1-2-3-4-5-6-7-8-9-10-11-12-13-14-15-20-25-31(34)35-29-22-17-21-26-32(27-28-33)30-23-18-16-19-24-30/h6-7,9-10,30,33H,2-5,8,11-29H2,1H3/b7-6-,10-9-. The van der Waals surface area contributed by atoms with Crippen LogP contribution >= 0.6 is 0 Å². The third-order valence-corrected chi connectivity index (χ3v) is 7.16. The smallest absolute Gasteiger partial charge is 0.305 e. The van der Waals surface area contributed by atoms with Gasteiger partial charge in [0.2, 0.25) is 0 Å². The topological polar surface area (TPSA) is 49.8 Å². The number of hydrogen-bond donors (Lipinski definition) is 1. The minimum atomic E-state index is -0.0280. The lowest BCUT2D eigenvalue weighted by Crippen LogP contribution is -2.39. The summed E-state index contributed by atoms with van der Waals surface area (Å²) in [6.45, 7) is 4.92. The summed E-state index contributed by atoms with van der Waals surface area (Å²) in [5, 5.41) is 9.37. The van der Waals surface area contributed by atoms with Crippen molar-refractivity contribution in [3.63, 3.8) is 0 Å². The molecule has 1 N–H and O–H groups in total. The van der Waals surface area contributed by atoms with Crippen molar-refractivity contribution >= 4 is 5.97 Å². The lowest BCUT2D eigenvalue weighted by atomic mass is 9.94. The van der Waals surface area contributed by atoms with E-state index in [1.54, 1.807) is 0 Å². The Morgan fingerprint density at radius 1 is 0.800 bits per heavy atom. The quantitative estimate of drug-likeness (QED) is 0.0890. The molecule has 0 saturated heterocycles. The molecule has 0 radical (unpaired) electrons. The van der Waals surface area contributed by atoms with E-state index in [2.05, 4.69) is 36.1 Å². The van der Waals surface area contributed by atoms with Gasteiger partial charge in [-0.25, -0.2) is 0 Å². The Labute approximate surface area is 217 Å². The average Bonchev–Trinajstić information content (AvgIpc) is 2.88. The summed E-state index contributed by atoms with van der Waals surface area (Å²) in [6.07, 6.45) is 32.7. The molecule has 4 nitrogen and oxygen atoms in total. The van der Waals surface area contributed by atoms with Gasteiger partial charge in [0, 0.05) is 19.0 Å². The van der Waals surface area contributed by atoms with Crippen LogP contribution in [0.15, 0.2) is 24.3 Å². The second kappa shape index (κ2) is 24.6. The number of esters is 1. The molecule has 1 saturated carbocycles. The molecule has 1 aliphatic rings. The fourth-order valence-electron chi connectivity index (χ4n) is 4.98. The van der Waals surface area contributed by atoms with Crippen molar-refractivity contribution in [2.24, 2.45) is 0 Å². The van der Waals surface area contributed by atoms with Gasteiger partial charge in [0.05, 0.1) is 13.2 Å². The average molecular weight is 492 g/mol. The van der Waals surface area contributed by atoms with E-state index in [-0.39, 0.29) is 12.6 Å². The second-order valence-electron chi connectivity index (χ2n) is 10.3. The first-order valence-electron chi connectivity index (χ1n) is 15.1. The molecule has 0 aromatic heterocycles. The molecule has 0 bridgehead atoms. The lowest BCUT2D eigenvalue weighted by Gasteiger charge is -2.34. The Morgan fingerprint density at radius 2 is 1.46 bits per heavy atom. The highest BCUT2D eigenvalue weighted by atomic mass is 16.5. The molecular weight excluding hydrogens is 434 g/mol. The highest BCUT2D eigenvalue weighted by Crippen LogP contribution is 2.22. The zero-order chi connectivity index (χ0) is 25.2. The molecule has 0 atom stereocenters. The summed E-state index contributed by atoms with van der Waals surface area (Å²) in [5.41, 5.74) is 0. The molecule has 35 heavy (non-hydrogen) atoms. The van der Waals surface area contributed by atoms with Gasteiger partial charge in [0.1, 0.15) is 0 Å². The van der Waals surface area contributed by atoms with E-state index in [1.165, 1.54) is 83.5 Å². The number of allylic oxidation sites excluding steroid dienone is 4. The fourth-order valence-corrected chi connectivity index (χ4v) is 4.98. The van der Waals surface area contributed by atoms with Gasteiger partial charge in [-0.05, 0) is 77.2 Å². The van der Waals surface area contributed by atoms with Crippen molar-refractivity contribution in [2.45, 2.75) is 141 Å². The molecule has 0 aliphatic heterocycles. The van der Waals surface area contributed by atoms with Crippen LogP contribution in [-0.4, -0.2) is 48.3 Å². The van der Waals surface area contributed by atoms with E-state index < -0.39 is 0 Å².